The summed E-state index contributed by atoms with van der Waals surface area (Å²) >= 11 is 3.44. The minimum atomic E-state index is -3.37. The lowest BCUT2D eigenvalue weighted by Gasteiger charge is -2.31. The molecule has 0 bridgehead atoms. The van der Waals surface area contributed by atoms with Gasteiger partial charge in [-0.2, -0.15) is 4.31 Å². The number of hydrogen-bond acceptors (Lipinski definition) is 3. The molecule has 1 saturated heterocycles. The Kier molecular flexibility index (Phi) is 4.86. The highest BCUT2D eigenvalue weighted by Crippen LogP contribution is 2.25. The maximum absolute atomic E-state index is 12.5. The Labute approximate surface area is 122 Å². The van der Waals surface area contributed by atoms with E-state index >= 15 is 0 Å². The molecule has 0 aliphatic carbocycles. The first-order valence-electron chi connectivity index (χ1n) is 6.28. The van der Waals surface area contributed by atoms with Gasteiger partial charge in [-0.25, -0.2) is 8.42 Å². The van der Waals surface area contributed by atoms with Crippen molar-refractivity contribution in [2.45, 2.75) is 17.7 Å². The normalized spacial score (nSPS) is 21.3. The molecular weight excluding hydrogens is 330 g/mol. The molecule has 1 aromatic carbocycles. The molecule has 0 amide bonds. The lowest BCUT2D eigenvalue weighted by molar-refractivity contribution is 0.285. The number of rotatable bonds is 4. The Morgan fingerprint density at radius 2 is 2.05 bits per heavy atom. The van der Waals surface area contributed by atoms with Crippen LogP contribution in [0.2, 0.25) is 0 Å². The number of ether oxygens (including phenoxy) is 1. The molecule has 4 nitrogen and oxygen atoms in total. The van der Waals surface area contributed by atoms with Crippen LogP contribution in [0.4, 0.5) is 0 Å². The van der Waals surface area contributed by atoms with Crippen LogP contribution in [0, 0.1) is 5.92 Å². The van der Waals surface area contributed by atoms with Crippen molar-refractivity contribution in [1.29, 1.82) is 0 Å². The summed E-state index contributed by atoms with van der Waals surface area (Å²) in [5, 5.41) is 0.849. The van der Waals surface area contributed by atoms with Crippen LogP contribution in [0.15, 0.2) is 29.2 Å². The number of piperidine rings is 1. The highest BCUT2D eigenvalue weighted by Gasteiger charge is 2.29. The molecule has 1 unspecified atom stereocenters. The summed E-state index contributed by atoms with van der Waals surface area (Å²) < 4.78 is 31.7. The first-order chi connectivity index (χ1) is 9.07. The van der Waals surface area contributed by atoms with Crippen LogP contribution in [0.25, 0.3) is 0 Å². The van der Waals surface area contributed by atoms with Crippen molar-refractivity contribution < 1.29 is 13.2 Å². The Morgan fingerprint density at radius 3 is 2.63 bits per heavy atom. The van der Waals surface area contributed by atoms with Gasteiger partial charge < -0.3 is 4.74 Å². The first kappa shape index (κ1) is 14.8. The largest absolute Gasteiger partial charge is 0.497 e. The first-order valence-corrected chi connectivity index (χ1v) is 8.84. The highest BCUT2D eigenvalue weighted by molar-refractivity contribution is 9.09. The Hall–Kier alpha value is -0.590. The summed E-state index contributed by atoms with van der Waals surface area (Å²) in [6.45, 7) is 1.21. The van der Waals surface area contributed by atoms with Crippen molar-refractivity contribution >= 4 is 26.0 Å². The quantitative estimate of drug-likeness (QED) is 0.786. The number of methoxy groups -OCH3 is 1. The van der Waals surface area contributed by atoms with Gasteiger partial charge in [0, 0.05) is 18.4 Å². The van der Waals surface area contributed by atoms with E-state index < -0.39 is 10.0 Å². The molecule has 19 heavy (non-hydrogen) atoms. The molecule has 1 aliphatic heterocycles. The van der Waals surface area contributed by atoms with Gasteiger partial charge in [0.15, 0.2) is 0 Å². The molecule has 6 heteroatoms. The minimum absolute atomic E-state index is 0.337. The number of sulfonamides is 1. The standard InChI is InChI=1S/C13H18BrNO3S/c1-18-12-4-6-13(7-5-12)19(16,17)15-8-2-3-11(9-14)10-15/h4-7,11H,2-3,8-10H2,1H3. The number of halogens is 1. The van der Waals surface area contributed by atoms with Crippen molar-refractivity contribution in [3.8, 4) is 5.75 Å². The van der Waals surface area contributed by atoms with Crippen LogP contribution >= 0.6 is 15.9 Å². The van der Waals surface area contributed by atoms with Crippen LogP contribution in [0.5, 0.6) is 5.75 Å². The molecule has 1 atom stereocenters. The predicted octanol–water partition coefficient (Wildman–Crippen LogP) is 2.49. The van der Waals surface area contributed by atoms with Crippen molar-refractivity contribution in [3.63, 3.8) is 0 Å². The molecule has 0 N–H and O–H groups in total. The Bertz CT molecular complexity index is 515. The van der Waals surface area contributed by atoms with Crippen LogP contribution in [-0.4, -0.2) is 38.3 Å². The van der Waals surface area contributed by atoms with Gasteiger partial charge >= 0.3 is 0 Å². The Balaban J connectivity index is 2.20. The third-order valence-electron chi connectivity index (χ3n) is 3.40. The van der Waals surface area contributed by atoms with Crippen molar-refractivity contribution in [1.82, 2.24) is 4.31 Å². The van der Waals surface area contributed by atoms with Crippen LogP contribution in [-0.2, 0) is 10.0 Å². The molecule has 2 rings (SSSR count). The molecule has 0 spiro atoms. The predicted molar refractivity (Wildman–Crippen MR) is 78.3 cm³/mol. The third kappa shape index (κ3) is 3.30. The van der Waals surface area contributed by atoms with E-state index in [9.17, 15) is 8.42 Å². The summed E-state index contributed by atoms with van der Waals surface area (Å²) in [4.78, 5) is 0.337. The van der Waals surface area contributed by atoms with E-state index in [-0.39, 0.29) is 0 Å². The molecule has 0 radical (unpaired) electrons. The average molecular weight is 348 g/mol. The third-order valence-corrected chi connectivity index (χ3v) is 6.19. The maximum Gasteiger partial charge on any atom is 0.243 e. The van der Waals surface area contributed by atoms with Crippen LogP contribution < -0.4 is 4.74 Å². The highest BCUT2D eigenvalue weighted by atomic mass is 79.9. The number of alkyl halides is 1. The molecule has 1 aromatic rings. The van der Waals surface area contributed by atoms with Crippen molar-refractivity contribution in [2.75, 3.05) is 25.5 Å². The smallest absolute Gasteiger partial charge is 0.243 e. The van der Waals surface area contributed by atoms with Gasteiger partial charge in [0.25, 0.3) is 0 Å². The zero-order chi connectivity index (χ0) is 13.9. The van der Waals surface area contributed by atoms with E-state index in [2.05, 4.69) is 15.9 Å². The zero-order valence-electron chi connectivity index (χ0n) is 10.9. The number of nitrogens with zero attached hydrogens (tertiary/aromatic N) is 1. The number of hydrogen-bond donors (Lipinski definition) is 0. The molecule has 1 aliphatic rings. The molecule has 0 saturated carbocycles. The topological polar surface area (TPSA) is 46.6 Å². The maximum atomic E-state index is 12.5. The average Bonchev–Trinajstić information content (AvgIpc) is 2.47. The fourth-order valence-electron chi connectivity index (χ4n) is 2.27. The lowest BCUT2D eigenvalue weighted by Crippen LogP contribution is -2.40. The Morgan fingerprint density at radius 1 is 1.37 bits per heavy atom. The van der Waals surface area contributed by atoms with Gasteiger partial charge in [-0.1, -0.05) is 15.9 Å². The van der Waals surface area contributed by atoms with Crippen LogP contribution in [0.3, 0.4) is 0 Å². The van der Waals surface area contributed by atoms with Gasteiger partial charge in [0.2, 0.25) is 10.0 Å². The summed E-state index contributed by atoms with van der Waals surface area (Å²) in [6, 6.07) is 6.56. The van der Waals surface area contributed by atoms with E-state index in [1.807, 2.05) is 0 Å². The second kappa shape index (κ2) is 6.24. The second-order valence-corrected chi connectivity index (χ2v) is 7.29. The van der Waals surface area contributed by atoms with E-state index in [0.717, 1.165) is 18.2 Å². The summed E-state index contributed by atoms with van der Waals surface area (Å²) in [5.41, 5.74) is 0. The number of benzene rings is 1. The fourth-order valence-corrected chi connectivity index (χ4v) is 4.35. The van der Waals surface area contributed by atoms with E-state index in [0.29, 0.717) is 29.7 Å². The van der Waals surface area contributed by atoms with E-state index in [1.54, 1.807) is 35.7 Å². The summed E-state index contributed by atoms with van der Waals surface area (Å²) in [5.74, 6) is 1.07. The lowest BCUT2D eigenvalue weighted by atomic mass is 10.0. The zero-order valence-corrected chi connectivity index (χ0v) is 13.3. The van der Waals surface area contributed by atoms with Gasteiger partial charge in [0.05, 0.1) is 12.0 Å². The van der Waals surface area contributed by atoms with Gasteiger partial charge in [-0.3, -0.25) is 0 Å². The fraction of sp³-hybridized carbons (Fsp3) is 0.538. The van der Waals surface area contributed by atoms with Gasteiger partial charge in [-0.15, -0.1) is 0 Å². The molecule has 1 heterocycles. The van der Waals surface area contributed by atoms with Crippen molar-refractivity contribution in [2.24, 2.45) is 5.92 Å². The summed E-state index contributed by atoms with van der Waals surface area (Å²) in [6.07, 6.45) is 2.01. The molecule has 0 aromatic heterocycles. The van der Waals surface area contributed by atoms with Crippen LogP contribution in [0.1, 0.15) is 12.8 Å². The summed E-state index contributed by atoms with van der Waals surface area (Å²) in [7, 11) is -1.81. The van der Waals surface area contributed by atoms with E-state index in [4.69, 9.17) is 4.74 Å². The van der Waals surface area contributed by atoms with Crippen molar-refractivity contribution in [3.05, 3.63) is 24.3 Å². The molecular formula is C13H18BrNO3S. The minimum Gasteiger partial charge on any atom is -0.497 e. The second-order valence-electron chi connectivity index (χ2n) is 4.70. The SMILES string of the molecule is COc1ccc(S(=O)(=O)N2CCCC(CBr)C2)cc1. The van der Waals surface area contributed by atoms with E-state index in [1.165, 1.54) is 0 Å². The van der Waals surface area contributed by atoms with Gasteiger partial charge in [0.1, 0.15) is 5.75 Å². The molecule has 106 valence electrons. The monoisotopic (exact) mass is 347 g/mol. The molecule has 1 fully saturated rings. The van der Waals surface area contributed by atoms with Gasteiger partial charge in [-0.05, 0) is 43.0 Å².